The van der Waals surface area contributed by atoms with Crippen molar-refractivity contribution in [2.24, 2.45) is 0 Å². The van der Waals surface area contributed by atoms with Crippen LogP contribution in [0.5, 0.6) is 0 Å². The molecule has 0 aliphatic heterocycles. The van der Waals surface area contributed by atoms with E-state index in [0.717, 1.165) is 5.56 Å². The summed E-state index contributed by atoms with van der Waals surface area (Å²) in [6, 6.07) is 15.2. The summed E-state index contributed by atoms with van der Waals surface area (Å²) in [4.78, 5) is 20.5. The van der Waals surface area contributed by atoms with E-state index in [9.17, 15) is 10.1 Å². The van der Waals surface area contributed by atoms with Crippen LogP contribution in [0.3, 0.4) is 0 Å². The van der Waals surface area contributed by atoms with Crippen molar-refractivity contribution in [2.45, 2.75) is 6.92 Å². The first-order valence-corrected chi connectivity index (χ1v) is 7.20. The molecule has 0 radical (unpaired) electrons. The number of imidazole rings is 1. The van der Waals surface area contributed by atoms with Crippen molar-refractivity contribution < 1.29 is 0 Å². The number of H-pyrrole nitrogens is 1. The lowest BCUT2D eigenvalue weighted by molar-refractivity contribution is 1.13. The van der Waals surface area contributed by atoms with Gasteiger partial charge in [-0.15, -0.1) is 0 Å². The molecule has 1 aromatic carbocycles. The SMILES string of the molecule is Cc1c(-c2ccccc2)c(=O)n2c(nc3[nH]cccc32)c1C#N. The molecule has 0 saturated heterocycles. The molecule has 0 amide bonds. The maximum atomic E-state index is 13.1. The molecule has 0 aliphatic rings. The Kier molecular flexibility index (Phi) is 2.78. The number of benzene rings is 1. The third-order valence-electron chi connectivity index (χ3n) is 4.05. The summed E-state index contributed by atoms with van der Waals surface area (Å²) >= 11 is 0. The number of nitrogens with one attached hydrogen (secondary N) is 1. The van der Waals surface area contributed by atoms with Crippen LogP contribution in [0, 0.1) is 18.3 Å². The van der Waals surface area contributed by atoms with Gasteiger partial charge in [-0.2, -0.15) is 5.26 Å². The first kappa shape index (κ1) is 13.3. The Bertz CT molecular complexity index is 1150. The van der Waals surface area contributed by atoms with Crippen LogP contribution >= 0.6 is 0 Å². The van der Waals surface area contributed by atoms with Gasteiger partial charge in [-0.25, -0.2) is 4.98 Å². The zero-order valence-electron chi connectivity index (χ0n) is 12.4. The molecule has 5 heteroatoms. The van der Waals surface area contributed by atoms with Crippen LogP contribution < -0.4 is 5.56 Å². The van der Waals surface area contributed by atoms with Gasteiger partial charge in [0, 0.05) is 6.20 Å². The zero-order chi connectivity index (χ0) is 16.0. The molecule has 0 aliphatic carbocycles. The summed E-state index contributed by atoms with van der Waals surface area (Å²) in [6.45, 7) is 1.80. The molecule has 0 fully saturated rings. The van der Waals surface area contributed by atoms with Gasteiger partial charge < -0.3 is 4.98 Å². The fraction of sp³-hybridized carbons (Fsp3) is 0.0556. The van der Waals surface area contributed by atoms with Crippen LogP contribution in [0.4, 0.5) is 0 Å². The fourth-order valence-corrected chi connectivity index (χ4v) is 2.98. The molecule has 0 saturated carbocycles. The lowest BCUT2D eigenvalue weighted by Gasteiger charge is -2.08. The molecular formula is C18H12N4O. The minimum Gasteiger partial charge on any atom is -0.345 e. The number of hydrogen-bond acceptors (Lipinski definition) is 3. The Morgan fingerprint density at radius 3 is 2.70 bits per heavy atom. The van der Waals surface area contributed by atoms with Gasteiger partial charge in [0.1, 0.15) is 6.07 Å². The van der Waals surface area contributed by atoms with Crippen molar-refractivity contribution in [2.75, 3.05) is 0 Å². The van der Waals surface area contributed by atoms with Gasteiger partial charge in [-0.3, -0.25) is 9.20 Å². The average Bonchev–Trinajstić information content (AvgIpc) is 2.95. The number of fused-ring (bicyclic) bond motifs is 3. The van der Waals surface area contributed by atoms with E-state index < -0.39 is 0 Å². The third-order valence-corrected chi connectivity index (χ3v) is 4.05. The van der Waals surface area contributed by atoms with Gasteiger partial charge in [0.25, 0.3) is 5.56 Å². The molecule has 1 N–H and O–H groups in total. The van der Waals surface area contributed by atoms with E-state index in [4.69, 9.17) is 0 Å². The fourth-order valence-electron chi connectivity index (χ4n) is 2.98. The molecule has 3 aromatic heterocycles. The summed E-state index contributed by atoms with van der Waals surface area (Å²) in [6.07, 6.45) is 1.75. The van der Waals surface area contributed by atoms with Gasteiger partial charge in [-0.1, -0.05) is 30.3 Å². The van der Waals surface area contributed by atoms with E-state index >= 15 is 0 Å². The molecule has 3 heterocycles. The molecule has 0 atom stereocenters. The number of nitriles is 1. The van der Waals surface area contributed by atoms with Gasteiger partial charge in [0.15, 0.2) is 11.3 Å². The second-order valence-corrected chi connectivity index (χ2v) is 5.33. The number of rotatable bonds is 1. The van der Waals surface area contributed by atoms with Crippen LogP contribution in [-0.2, 0) is 0 Å². The zero-order valence-corrected chi connectivity index (χ0v) is 12.4. The highest BCUT2D eigenvalue weighted by molar-refractivity contribution is 5.83. The summed E-state index contributed by atoms with van der Waals surface area (Å²) in [5.41, 5.74) is 3.91. The Labute approximate surface area is 131 Å². The highest BCUT2D eigenvalue weighted by Gasteiger charge is 2.20. The van der Waals surface area contributed by atoms with E-state index in [2.05, 4.69) is 16.0 Å². The molecule has 110 valence electrons. The molecule has 0 bridgehead atoms. The van der Waals surface area contributed by atoms with E-state index in [1.165, 1.54) is 4.40 Å². The predicted octanol–water partition coefficient (Wildman–Crippen LogP) is 3.02. The topological polar surface area (TPSA) is 74.0 Å². The number of pyridine rings is 2. The number of aromatic amines is 1. The summed E-state index contributed by atoms with van der Waals surface area (Å²) in [5.74, 6) is 0. The van der Waals surface area contributed by atoms with E-state index in [1.54, 1.807) is 13.1 Å². The van der Waals surface area contributed by atoms with Gasteiger partial charge in [0.2, 0.25) is 0 Å². The quantitative estimate of drug-likeness (QED) is 0.587. The van der Waals surface area contributed by atoms with Gasteiger partial charge in [0.05, 0.1) is 16.6 Å². The first-order valence-electron chi connectivity index (χ1n) is 7.20. The summed E-state index contributed by atoms with van der Waals surface area (Å²) in [5, 5.41) is 9.59. The predicted molar refractivity (Wildman–Crippen MR) is 88.2 cm³/mol. The average molecular weight is 300 g/mol. The van der Waals surface area contributed by atoms with Crippen molar-refractivity contribution in [3.63, 3.8) is 0 Å². The second kappa shape index (κ2) is 4.82. The van der Waals surface area contributed by atoms with Gasteiger partial charge >= 0.3 is 0 Å². The normalized spacial score (nSPS) is 11.0. The molecule has 23 heavy (non-hydrogen) atoms. The van der Waals surface area contributed by atoms with Crippen LogP contribution in [0.2, 0.25) is 0 Å². The highest BCUT2D eigenvalue weighted by atomic mass is 16.1. The van der Waals surface area contributed by atoms with Gasteiger partial charge in [-0.05, 0) is 30.2 Å². The first-order chi connectivity index (χ1) is 11.2. The van der Waals surface area contributed by atoms with Crippen LogP contribution in [0.15, 0.2) is 53.5 Å². The summed E-state index contributed by atoms with van der Waals surface area (Å²) in [7, 11) is 0. The minimum absolute atomic E-state index is 0.162. The number of nitrogens with zero attached hydrogens (tertiary/aromatic N) is 3. The van der Waals surface area contributed by atoms with E-state index in [1.807, 2.05) is 42.5 Å². The number of aromatic nitrogens is 3. The van der Waals surface area contributed by atoms with Crippen LogP contribution in [0.25, 0.3) is 27.9 Å². The van der Waals surface area contributed by atoms with E-state index in [0.29, 0.717) is 33.5 Å². The maximum absolute atomic E-state index is 13.1. The largest absolute Gasteiger partial charge is 0.345 e. The third kappa shape index (κ3) is 1.79. The number of hydrogen-bond donors (Lipinski definition) is 1. The molecule has 4 rings (SSSR count). The Hall–Kier alpha value is -3.39. The van der Waals surface area contributed by atoms with Crippen molar-refractivity contribution in [1.82, 2.24) is 14.4 Å². The highest BCUT2D eigenvalue weighted by Crippen LogP contribution is 2.26. The van der Waals surface area contributed by atoms with Crippen molar-refractivity contribution in [3.8, 4) is 17.2 Å². The Balaban J connectivity index is 2.28. The van der Waals surface area contributed by atoms with Crippen LogP contribution in [-0.4, -0.2) is 14.4 Å². The molecular weight excluding hydrogens is 288 g/mol. The standard InChI is InChI=1S/C18H12N4O/c1-11-13(10-19)17-21-16-14(8-5-9-20-16)22(17)18(23)15(11)12-6-3-2-4-7-12/h2-9H,1H3,(H,20,21). The van der Waals surface area contributed by atoms with Crippen molar-refractivity contribution >= 4 is 16.8 Å². The van der Waals surface area contributed by atoms with E-state index in [-0.39, 0.29) is 5.56 Å². The van der Waals surface area contributed by atoms with Crippen molar-refractivity contribution in [3.05, 3.63) is 70.1 Å². The molecule has 4 aromatic rings. The Morgan fingerprint density at radius 2 is 1.96 bits per heavy atom. The smallest absolute Gasteiger partial charge is 0.265 e. The second-order valence-electron chi connectivity index (χ2n) is 5.33. The van der Waals surface area contributed by atoms with Crippen molar-refractivity contribution in [1.29, 1.82) is 5.26 Å². The lowest BCUT2D eigenvalue weighted by Crippen LogP contribution is -2.18. The molecule has 5 nitrogen and oxygen atoms in total. The lowest BCUT2D eigenvalue weighted by atomic mass is 9.99. The molecule has 0 unspecified atom stereocenters. The maximum Gasteiger partial charge on any atom is 0.265 e. The molecule has 0 spiro atoms. The van der Waals surface area contributed by atoms with Crippen LogP contribution in [0.1, 0.15) is 11.1 Å². The monoisotopic (exact) mass is 300 g/mol. The Morgan fingerprint density at radius 1 is 1.17 bits per heavy atom. The minimum atomic E-state index is -0.162. The summed E-state index contributed by atoms with van der Waals surface area (Å²) < 4.78 is 1.51.